The van der Waals surface area contributed by atoms with Crippen LogP contribution < -0.4 is 26.7 Å². The van der Waals surface area contributed by atoms with Crippen molar-refractivity contribution in [3.05, 3.63) is 57.5 Å². The van der Waals surface area contributed by atoms with E-state index in [1.807, 2.05) is 32.2 Å². The topological polar surface area (TPSA) is 118 Å². The monoisotopic (exact) mass is 412 g/mol. The van der Waals surface area contributed by atoms with Crippen LogP contribution in [0, 0.1) is 5.41 Å². The van der Waals surface area contributed by atoms with Gasteiger partial charge in [0.15, 0.2) is 0 Å². The van der Waals surface area contributed by atoms with E-state index < -0.39 is 0 Å². The summed E-state index contributed by atoms with van der Waals surface area (Å²) >= 11 is 0. The summed E-state index contributed by atoms with van der Waals surface area (Å²) < 4.78 is 7.08. The van der Waals surface area contributed by atoms with E-state index in [-0.39, 0.29) is 23.0 Å². The van der Waals surface area contributed by atoms with Crippen molar-refractivity contribution in [3.63, 3.8) is 0 Å². The quantitative estimate of drug-likeness (QED) is 0.353. The van der Waals surface area contributed by atoms with Gasteiger partial charge in [0.2, 0.25) is 0 Å². The largest absolute Gasteiger partial charge is 0.496 e. The van der Waals surface area contributed by atoms with Crippen LogP contribution in [-0.2, 0) is 13.1 Å². The molecule has 0 aliphatic heterocycles. The first kappa shape index (κ1) is 23.2. The van der Waals surface area contributed by atoms with Crippen LogP contribution >= 0.6 is 0 Å². The molecule has 2 aromatic rings. The zero-order chi connectivity index (χ0) is 22.1. The Bertz CT molecular complexity index is 951. The number of amidine groups is 1. The lowest BCUT2D eigenvalue weighted by Gasteiger charge is -2.17. The van der Waals surface area contributed by atoms with Crippen molar-refractivity contribution < 1.29 is 4.74 Å². The maximum Gasteiger partial charge on any atom is 0.264 e. The first-order valence-electron chi connectivity index (χ1n) is 10.1. The number of hydrogen-bond acceptors (Lipinski definition) is 5. The Morgan fingerprint density at radius 2 is 2.17 bits per heavy atom. The SMILES string of the molecule is CCCC(C)NC(=N)c1c(/N=C/N)ccn(Cc2ccc(CNC)cc2OC)c1=O. The third kappa shape index (κ3) is 5.70. The summed E-state index contributed by atoms with van der Waals surface area (Å²) in [6.45, 7) is 5.12. The molecule has 8 nitrogen and oxygen atoms in total. The van der Waals surface area contributed by atoms with Crippen LogP contribution in [0.1, 0.15) is 43.4 Å². The zero-order valence-electron chi connectivity index (χ0n) is 18.2. The number of nitrogens with one attached hydrogen (secondary N) is 3. The average molecular weight is 413 g/mol. The fourth-order valence-corrected chi connectivity index (χ4v) is 3.35. The van der Waals surface area contributed by atoms with Crippen molar-refractivity contribution in [2.45, 2.75) is 45.8 Å². The van der Waals surface area contributed by atoms with E-state index in [4.69, 9.17) is 15.9 Å². The summed E-state index contributed by atoms with van der Waals surface area (Å²) in [4.78, 5) is 17.3. The molecule has 0 aliphatic rings. The predicted octanol–water partition coefficient (Wildman–Crippen LogP) is 2.35. The Balaban J connectivity index is 2.43. The number of methoxy groups -OCH3 is 1. The molecular weight excluding hydrogens is 380 g/mol. The second-order valence-electron chi connectivity index (χ2n) is 7.17. The van der Waals surface area contributed by atoms with Crippen LogP contribution in [0.15, 0.2) is 40.2 Å². The Hall–Kier alpha value is -3.13. The van der Waals surface area contributed by atoms with E-state index in [9.17, 15) is 4.79 Å². The highest BCUT2D eigenvalue weighted by Gasteiger charge is 2.17. The summed E-state index contributed by atoms with van der Waals surface area (Å²) in [5.41, 5.74) is 7.69. The molecule has 0 saturated carbocycles. The third-order valence-electron chi connectivity index (χ3n) is 4.79. The molecule has 0 bridgehead atoms. The molecule has 1 aromatic carbocycles. The highest BCUT2D eigenvalue weighted by atomic mass is 16.5. The number of nitrogens with zero attached hydrogens (tertiary/aromatic N) is 2. The first-order chi connectivity index (χ1) is 14.4. The number of hydrogen-bond donors (Lipinski definition) is 4. The van der Waals surface area contributed by atoms with Gasteiger partial charge in [-0.1, -0.05) is 25.5 Å². The maximum atomic E-state index is 13.2. The lowest BCUT2D eigenvalue weighted by Crippen LogP contribution is -2.37. The van der Waals surface area contributed by atoms with Crippen molar-refractivity contribution in [1.29, 1.82) is 5.41 Å². The minimum absolute atomic E-state index is 0.0484. The van der Waals surface area contributed by atoms with E-state index in [2.05, 4.69) is 22.5 Å². The van der Waals surface area contributed by atoms with Gasteiger partial charge in [-0.15, -0.1) is 0 Å². The van der Waals surface area contributed by atoms with Crippen LogP contribution in [-0.4, -0.2) is 36.9 Å². The summed E-state index contributed by atoms with van der Waals surface area (Å²) in [7, 11) is 3.50. The number of pyridine rings is 1. The van der Waals surface area contributed by atoms with Gasteiger partial charge in [0, 0.05) is 24.3 Å². The minimum atomic E-state index is -0.305. The molecule has 0 aliphatic carbocycles. The van der Waals surface area contributed by atoms with Crippen LogP contribution in [0.2, 0.25) is 0 Å². The van der Waals surface area contributed by atoms with Gasteiger partial charge in [0.25, 0.3) is 5.56 Å². The second-order valence-corrected chi connectivity index (χ2v) is 7.17. The molecule has 1 unspecified atom stereocenters. The summed E-state index contributed by atoms with van der Waals surface area (Å²) in [6.07, 6.45) is 4.68. The fraction of sp³-hybridized carbons (Fsp3) is 0.409. The van der Waals surface area contributed by atoms with Crippen LogP contribution in [0.5, 0.6) is 5.75 Å². The smallest absolute Gasteiger partial charge is 0.264 e. The highest BCUT2D eigenvalue weighted by Crippen LogP contribution is 2.22. The van der Waals surface area contributed by atoms with Gasteiger partial charge in [-0.2, -0.15) is 0 Å². The molecule has 1 heterocycles. The zero-order valence-corrected chi connectivity index (χ0v) is 18.2. The van der Waals surface area contributed by atoms with Crippen molar-refractivity contribution in [2.24, 2.45) is 10.7 Å². The third-order valence-corrected chi connectivity index (χ3v) is 4.79. The van der Waals surface area contributed by atoms with Gasteiger partial charge in [-0.3, -0.25) is 10.2 Å². The highest BCUT2D eigenvalue weighted by molar-refractivity contribution is 6.01. The van der Waals surface area contributed by atoms with E-state index in [0.717, 1.165) is 36.9 Å². The Kier molecular flexibility index (Phi) is 8.61. The van der Waals surface area contributed by atoms with Gasteiger partial charge in [0.1, 0.15) is 17.1 Å². The average Bonchev–Trinajstić information content (AvgIpc) is 2.71. The van der Waals surface area contributed by atoms with Gasteiger partial charge in [0.05, 0.1) is 25.7 Å². The molecule has 5 N–H and O–H groups in total. The number of rotatable bonds is 10. The first-order valence-corrected chi connectivity index (χ1v) is 10.1. The van der Waals surface area contributed by atoms with Crippen molar-refractivity contribution in [2.75, 3.05) is 14.2 Å². The standard InChI is InChI=1S/C22H32N6O2/c1-5-6-15(2)27-21(24)20-18(26-14-23)9-10-28(22(20)29)13-17-8-7-16(12-25-3)11-19(17)30-4/h7-11,14-15,25H,5-6,12-13H2,1-4H3,(H2,23,26)(H2,24,27). The van der Waals surface area contributed by atoms with Gasteiger partial charge < -0.3 is 25.7 Å². The number of ether oxygens (including phenoxy) is 1. The molecule has 0 radical (unpaired) electrons. The predicted molar refractivity (Wildman–Crippen MR) is 122 cm³/mol. The summed E-state index contributed by atoms with van der Waals surface area (Å²) in [5.74, 6) is 0.761. The molecule has 0 spiro atoms. The van der Waals surface area contributed by atoms with E-state index in [0.29, 0.717) is 18.0 Å². The Labute approximate surface area is 177 Å². The van der Waals surface area contributed by atoms with Crippen LogP contribution in [0.4, 0.5) is 5.69 Å². The minimum Gasteiger partial charge on any atom is -0.496 e. The lowest BCUT2D eigenvalue weighted by atomic mass is 10.1. The second kappa shape index (κ2) is 11.2. The summed E-state index contributed by atoms with van der Waals surface area (Å²) in [6, 6.07) is 7.69. The maximum absolute atomic E-state index is 13.2. The molecule has 1 atom stereocenters. The molecule has 162 valence electrons. The van der Waals surface area contributed by atoms with Gasteiger partial charge in [-0.25, -0.2) is 4.99 Å². The van der Waals surface area contributed by atoms with Gasteiger partial charge >= 0.3 is 0 Å². The van der Waals surface area contributed by atoms with Gasteiger partial charge in [-0.05, 0) is 38.1 Å². The molecule has 1 aromatic heterocycles. The number of benzene rings is 1. The molecular formula is C22H32N6O2. The van der Waals surface area contributed by atoms with Crippen LogP contribution in [0.3, 0.4) is 0 Å². The number of nitrogens with two attached hydrogens (primary N) is 1. The molecule has 2 rings (SSSR count). The van der Waals surface area contributed by atoms with Crippen molar-refractivity contribution >= 4 is 17.9 Å². The molecule has 8 heteroatoms. The van der Waals surface area contributed by atoms with Crippen LogP contribution in [0.25, 0.3) is 0 Å². The summed E-state index contributed by atoms with van der Waals surface area (Å²) in [5, 5.41) is 14.7. The fourth-order valence-electron chi connectivity index (χ4n) is 3.35. The Morgan fingerprint density at radius 1 is 1.40 bits per heavy atom. The van der Waals surface area contributed by atoms with Crippen molar-refractivity contribution in [1.82, 2.24) is 15.2 Å². The number of aliphatic imine (C=N–C) groups is 1. The molecule has 0 amide bonds. The molecule has 30 heavy (non-hydrogen) atoms. The van der Waals surface area contributed by atoms with E-state index in [1.54, 1.807) is 23.9 Å². The van der Waals surface area contributed by atoms with E-state index >= 15 is 0 Å². The lowest BCUT2D eigenvalue weighted by molar-refractivity contribution is 0.407. The van der Waals surface area contributed by atoms with E-state index in [1.165, 1.54) is 0 Å². The number of aromatic nitrogens is 1. The normalized spacial score (nSPS) is 12.1. The Morgan fingerprint density at radius 3 is 2.80 bits per heavy atom. The van der Waals surface area contributed by atoms with Crippen molar-refractivity contribution in [3.8, 4) is 5.75 Å². The molecule has 0 fully saturated rings. The molecule has 0 saturated heterocycles.